The van der Waals surface area contributed by atoms with Crippen LogP contribution in [0.4, 0.5) is 5.69 Å². The number of hydrogen-bond acceptors (Lipinski definition) is 6. The Morgan fingerprint density at radius 3 is 2.30 bits per heavy atom. The maximum absolute atomic E-state index is 13.1. The van der Waals surface area contributed by atoms with Crippen molar-refractivity contribution in [2.45, 2.75) is 51.4 Å². The number of ketones is 2. The smallest absolute Gasteiger partial charge is 0.262 e. The van der Waals surface area contributed by atoms with Gasteiger partial charge in [0.15, 0.2) is 29.7 Å². The van der Waals surface area contributed by atoms with Crippen LogP contribution in [0.1, 0.15) is 55.6 Å². The molecule has 8 heteroatoms. The summed E-state index contributed by atoms with van der Waals surface area (Å²) in [6, 6.07) is 11.2. The summed E-state index contributed by atoms with van der Waals surface area (Å²) in [5.74, 6) is 0.209. The molecule has 1 heterocycles. The molecule has 0 bridgehead atoms. The number of hydrogen-bond donors (Lipinski definition) is 2. The van der Waals surface area contributed by atoms with Crippen molar-refractivity contribution in [2.75, 3.05) is 19.0 Å². The second-order valence-electron chi connectivity index (χ2n) is 9.58. The number of halogens is 1. The molecular weight excluding hydrogens is 536 g/mol. The van der Waals surface area contributed by atoms with Gasteiger partial charge in [-0.2, -0.15) is 0 Å². The number of para-hydroxylation sites is 1. The van der Waals surface area contributed by atoms with Crippen LogP contribution < -0.4 is 20.1 Å². The molecular formula is C29H29BrN2O5. The summed E-state index contributed by atoms with van der Waals surface area (Å²) < 4.78 is 12.1. The number of amides is 1. The first-order valence-corrected chi connectivity index (χ1v) is 13.3. The van der Waals surface area contributed by atoms with Crippen molar-refractivity contribution in [1.82, 2.24) is 5.32 Å². The van der Waals surface area contributed by atoms with Gasteiger partial charge < -0.3 is 20.1 Å². The SMILES string of the molecule is COc1cc(C2C3=C(CCCC3=O)NC3=C2C(=O)CCC3)cc(Br)c1OCC(=O)Nc1ccccc1C. The number of carbonyl (C=O) groups excluding carboxylic acids is 3. The molecule has 0 fully saturated rings. The van der Waals surface area contributed by atoms with Crippen LogP contribution in [0.3, 0.4) is 0 Å². The highest BCUT2D eigenvalue weighted by Crippen LogP contribution is 2.48. The number of allylic oxidation sites excluding steroid dienone is 4. The average molecular weight is 565 g/mol. The Kier molecular flexibility index (Phi) is 7.20. The van der Waals surface area contributed by atoms with Gasteiger partial charge in [0.25, 0.3) is 5.91 Å². The van der Waals surface area contributed by atoms with Crippen LogP contribution in [-0.4, -0.2) is 31.2 Å². The minimum Gasteiger partial charge on any atom is -0.493 e. The van der Waals surface area contributed by atoms with Crippen molar-refractivity contribution in [1.29, 1.82) is 0 Å². The fourth-order valence-corrected chi connectivity index (χ4v) is 5.97. The highest BCUT2D eigenvalue weighted by atomic mass is 79.9. The molecule has 2 aliphatic carbocycles. The maximum atomic E-state index is 13.1. The molecule has 0 atom stereocenters. The molecule has 2 aromatic rings. The summed E-state index contributed by atoms with van der Waals surface area (Å²) >= 11 is 3.59. The van der Waals surface area contributed by atoms with E-state index < -0.39 is 5.92 Å². The fraction of sp³-hybridized carbons (Fsp3) is 0.345. The van der Waals surface area contributed by atoms with Crippen molar-refractivity contribution in [3.05, 3.63) is 74.5 Å². The second kappa shape index (κ2) is 10.5. The molecule has 7 nitrogen and oxygen atoms in total. The van der Waals surface area contributed by atoms with Crippen LogP contribution in [-0.2, 0) is 14.4 Å². The van der Waals surface area contributed by atoms with Gasteiger partial charge in [-0.05, 0) is 77.9 Å². The third kappa shape index (κ3) is 4.94. The van der Waals surface area contributed by atoms with Gasteiger partial charge in [-0.3, -0.25) is 14.4 Å². The Bertz CT molecular complexity index is 1320. The number of methoxy groups -OCH3 is 1. The van der Waals surface area contributed by atoms with Crippen LogP contribution >= 0.6 is 15.9 Å². The first kappa shape index (κ1) is 25.3. The molecule has 3 aliphatic rings. The normalized spacial score (nSPS) is 17.7. The van der Waals surface area contributed by atoms with E-state index in [0.717, 1.165) is 53.9 Å². The van der Waals surface area contributed by atoms with Crippen molar-refractivity contribution in [3.8, 4) is 11.5 Å². The zero-order chi connectivity index (χ0) is 26.1. The number of carbonyl (C=O) groups is 3. The molecule has 2 aromatic carbocycles. The lowest BCUT2D eigenvalue weighted by atomic mass is 9.71. The number of benzene rings is 2. The molecule has 0 aromatic heterocycles. The van der Waals surface area contributed by atoms with Gasteiger partial charge in [-0.1, -0.05) is 18.2 Å². The molecule has 5 rings (SSSR count). The molecule has 2 N–H and O–H groups in total. The highest BCUT2D eigenvalue weighted by Gasteiger charge is 2.40. The molecule has 37 heavy (non-hydrogen) atoms. The number of aryl methyl sites for hydroxylation is 1. The largest absolute Gasteiger partial charge is 0.493 e. The molecule has 0 saturated heterocycles. The van der Waals surface area contributed by atoms with Gasteiger partial charge in [0, 0.05) is 47.0 Å². The van der Waals surface area contributed by atoms with Crippen molar-refractivity contribution in [2.24, 2.45) is 0 Å². The van der Waals surface area contributed by atoms with Crippen LogP contribution in [0.5, 0.6) is 11.5 Å². The first-order chi connectivity index (χ1) is 17.9. The minimum atomic E-state index is -0.449. The zero-order valence-electron chi connectivity index (χ0n) is 20.9. The van der Waals surface area contributed by atoms with E-state index in [-0.39, 0.29) is 24.1 Å². The monoisotopic (exact) mass is 564 g/mol. The topological polar surface area (TPSA) is 93.7 Å². The number of nitrogens with one attached hydrogen (secondary N) is 2. The average Bonchev–Trinajstić information content (AvgIpc) is 2.88. The third-order valence-corrected chi connectivity index (χ3v) is 7.73. The molecule has 0 saturated carbocycles. The van der Waals surface area contributed by atoms with Gasteiger partial charge in [-0.25, -0.2) is 0 Å². The summed E-state index contributed by atoms with van der Waals surface area (Å²) in [7, 11) is 1.53. The minimum absolute atomic E-state index is 0.0759. The number of dihydropyridines is 1. The second-order valence-corrected chi connectivity index (χ2v) is 10.4. The quantitative estimate of drug-likeness (QED) is 0.482. The highest BCUT2D eigenvalue weighted by molar-refractivity contribution is 9.10. The Labute approximate surface area is 224 Å². The number of ether oxygens (including phenoxy) is 2. The van der Waals surface area contributed by atoms with Gasteiger partial charge in [-0.15, -0.1) is 0 Å². The Morgan fingerprint density at radius 1 is 1.03 bits per heavy atom. The zero-order valence-corrected chi connectivity index (χ0v) is 22.5. The molecule has 0 spiro atoms. The number of Topliss-reactive ketones (excluding diaryl/α,β-unsaturated/α-hetero) is 2. The van der Waals surface area contributed by atoms with Gasteiger partial charge >= 0.3 is 0 Å². The van der Waals surface area contributed by atoms with E-state index in [1.54, 1.807) is 0 Å². The predicted octanol–water partition coefficient (Wildman–Crippen LogP) is 5.48. The van der Waals surface area contributed by atoms with Crippen LogP contribution in [0.2, 0.25) is 0 Å². The molecule has 0 radical (unpaired) electrons. The van der Waals surface area contributed by atoms with Gasteiger partial charge in [0.2, 0.25) is 0 Å². The lowest BCUT2D eigenvalue weighted by Crippen LogP contribution is -2.36. The molecule has 0 unspecified atom stereocenters. The van der Waals surface area contributed by atoms with Crippen LogP contribution in [0, 0.1) is 6.92 Å². The van der Waals surface area contributed by atoms with Gasteiger partial charge in [0.1, 0.15) is 0 Å². The van der Waals surface area contributed by atoms with Crippen LogP contribution in [0.15, 0.2) is 63.4 Å². The van der Waals surface area contributed by atoms with Gasteiger partial charge in [0.05, 0.1) is 11.6 Å². The Balaban J connectivity index is 1.46. The summed E-state index contributed by atoms with van der Waals surface area (Å²) in [5.41, 5.74) is 5.69. The first-order valence-electron chi connectivity index (χ1n) is 12.5. The van der Waals surface area contributed by atoms with E-state index in [9.17, 15) is 14.4 Å². The third-order valence-electron chi connectivity index (χ3n) is 7.14. The lowest BCUT2D eigenvalue weighted by molar-refractivity contribution is -0.118. The molecule has 1 amide bonds. The number of rotatable bonds is 6. The van der Waals surface area contributed by atoms with E-state index in [4.69, 9.17) is 9.47 Å². The van der Waals surface area contributed by atoms with Crippen molar-refractivity contribution < 1.29 is 23.9 Å². The van der Waals surface area contributed by atoms with E-state index >= 15 is 0 Å². The Morgan fingerprint density at radius 2 is 1.68 bits per heavy atom. The Hall–Kier alpha value is -3.39. The van der Waals surface area contributed by atoms with Crippen molar-refractivity contribution >= 4 is 39.1 Å². The molecule has 192 valence electrons. The lowest BCUT2D eigenvalue weighted by Gasteiger charge is -2.37. The summed E-state index contributed by atoms with van der Waals surface area (Å²) in [6.45, 7) is 1.71. The number of anilines is 1. The standard InChI is InChI=1S/C29H29BrN2O5/c1-16-7-3-4-8-19(16)32-25(35)15-37-29-18(30)13-17(14-24(29)36-2)26-27-20(9-5-11-22(27)33)31-21-10-6-12-23(34)28(21)26/h3-4,7-8,13-14,26,31H,5-6,9-12,15H2,1-2H3,(H,32,35). The summed E-state index contributed by atoms with van der Waals surface area (Å²) in [6.07, 6.45) is 4.14. The summed E-state index contributed by atoms with van der Waals surface area (Å²) in [5, 5.41) is 6.29. The van der Waals surface area contributed by atoms with E-state index in [2.05, 4.69) is 26.6 Å². The maximum Gasteiger partial charge on any atom is 0.262 e. The van der Waals surface area contributed by atoms with Crippen LogP contribution in [0.25, 0.3) is 0 Å². The predicted molar refractivity (Wildman–Crippen MR) is 144 cm³/mol. The van der Waals surface area contributed by atoms with E-state index in [1.807, 2.05) is 43.3 Å². The fourth-order valence-electron chi connectivity index (χ4n) is 5.40. The van der Waals surface area contributed by atoms with E-state index in [1.165, 1.54) is 7.11 Å². The summed E-state index contributed by atoms with van der Waals surface area (Å²) in [4.78, 5) is 38.8. The van der Waals surface area contributed by atoms with E-state index in [0.29, 0.717) is 40.0 Å². The van der Waals surface area contributed by atoms with Crippen molar-refractivity contribution in [3.63, 3.8) is 0 Å². The molecule has 1 aliphatic heterocycles.